The third-order valence-electron chi connectivity index (χ3n) is 2.15. The van der Waals surface area contributed by atoms with Gasteiger partial charge in [0.1, 0.15) is 5.76 Å². The summed E-state index contributed by atoms with van der Waals surface area (Å²) in [5.41, 5.74) is 9.29. The van der Waals surface area contributed by atoms with Crippen molar-refractivity contribution in [1.29, 1.82) is 0 Å². The molecule has 0 amide bonds. The van der Waals surface area contributed by atoms with E-state index in [9.17, 15) is 0 Å². The van der Waals surface area contributed by atoms with E-state index in [0.29, 0.717) is 11.3 Å². The second kappa shape index (κ2) is 5.66. The zero-order chi connectivity index (χ0) is 13.0. The molecule has 0 aliphatic heterocycles. The van der Waals surface area contributed by atoms with Crippen LogP contribution in [0.3, 0.4) is 0 Å². The van der Waals surface area contributed by atoms with Gasteiger partial charge in [0.2, 0.25) is 5.22 Å². The molecule has 0 saturated heterocycles. The van der Waals surface area contributed by atoms with E-state index in [1.165, 1.54) is 6.21 Å². The van der Waals surface area contributed by atoms with Crippen LogP contribution in [0, 0.1) is 0 Å². The quantitative estimate of drug-likeness (QED) is 0.515. The predicted octanol–water partition coefficient (Wildman–Crippen LogP) is 2.77. The minimum atomic E-state index is 0.0918. The molecule has 2 rings (SSSR count). The topological polar surface area (TPSA) is 63.5 Å². The number of furan rings is 1. The number of halogens is 1. The Morgan fingerprint density at radius 3 is 2.78 bits per heavy atom. The lowest BCUT2D eigenvalue weighted by atomic mass is 10.1. The van der Waals surface area contributed by atoms with Crippen molar-refractivity contribution in [2.45, 2.75) is 0 Å². The summed E-state index contributed by atoms with van der Waals surface area (Å²) in [5.74, 6) is 0.678. The van der Waals surface area contributed by atoms with Crippen molar-refractivity contribution < 1.29 is 4.42 Å². The maximum Gasteiger partial charge on any atom is 0.202 e. The Bertz CT molecular complexity index is 580. The fraction of sp³-hybridized carbons (Fsp3) is 0. The van der Waals surface area contributed by atoms with Crippen LogP contribution in [0.4, 0.5) is 0 Å². The van der Waals surface area contributed by atoms with Crippen molar-refractivity contribution >= 4 is 35.1 Å². The van der Waals surface area contributed by atoms with Gasteiger partial charge < -0.3 is 10.2 Å². The molecule has 18 heavy (non-hydrogen) atoms. The first-order valence-electron chi connectivity index (χ1n) is 5.10. The summed E-state index contributed by atoms with van der Waals surface area (Å²) in [4.78, 5) is 0. The Hall–Kier alpha value is -1.85. The van der Waals surface area contributed by atoms with Crippen LogP contribution in [0.5, 0.6) is 0 Å². The lowest BCUT2D eigenvalue weighted by molar-refractivity contribution is 0.584. The summed E-state index contributed by atoms with van der Waals surface area (Å²) in [6.45, 7) is 0. The number of benzene rings is 1. The summed E-state index contributed by atoms with van der Waals surface area (Å²) in [5, 5.41) is 4.18. The number of thiocarbonyl (C=S) groups is 1. The molecule has 0 aliphatic rings. The van der Waals surface area contributed by atoms with Gasteiger partial charge in [0, 0.05) is 5.56 Å². The summed E-state index contributed by atoms with van der Waals surface area (Å²) in [6, 6.07) is 11.4. The van der Waals surface area contributed by atoms with Gasteiger partial charge >= 0.3 is 0 Å². The summed E-state index contributed by atoms with van der Waals surface area (Å²) >= 11 is 10.6. The van der Waals surface area contributed by atoms with Gasteiger partial charge in [0.25, 0.3) is 0 Å². The van der Waals surface area contributed by atoms with Gasteiger partial charge in [-0.15, -0.1) is 0 Å². The van der Waals surface area contributed by atoms with Gasteiger partial charge in [0.05, 0.1) is 11.8 Å². The second-order valence-electron chi connectivity index (χ2n) is 3.44. The highest BCUT2D eigenvalue weighted by atomic mass is 35.5. The molecule has 0 aliphatic carbocycles. The van der Waals surface area contributed by atoms with Crippen LogP contribution in [-0.4, -0.2) is 11.3 Å². The number of hydrogen-bond donors (Lipinski definition) is 2. The standard InChI is InChI=1S/C12H10ClN3OS/c13-11-9(7-15-16-12(14)18)6-10(17-11)8-4-2-1-3-5-8/h1-7H,(H3,14,16,18)/b15-7+. The van der Waals surface area contributed by atoms with E-state index in [-0.39, 0.29) is 10.3 Å². The highest BCUT2D eigenvalue weighted by Crippen LogP contribution is 2.27. The number of nitrogens with zero attached hydrogens (tertiary/aromatic N) is 1. The van der Waals surface area contributed by atoms with E-state index in [1.807, 2.05) is 30.3 Å². The summed E-state index contributed by atoms with van der Waals surface area (Å²) in [6.07, 6.45) is 1.50. The molecular weight excluding hydrogens is 270 g/mol. The lowest BCUT2D eigenvalue weighted by Crippen LogP contribution is -2.23. The summed E-state index contributed by atoms with van der Waals surface area (Å²) in [7, 11) is 0. The average molecular weight is 280 g/mol. The first kappa shape index (κ1) is 12.6. The molecule has 6 heteroatoms. The number of nitrogens with one attached hydrogen (secondary N) is 1. The van der Waals surface area contributed by atoms with Crippen LogP contribution in [0.25, 0.3) is 11.3 Å². The predicted molar refractivity (Wildman–Crippen MR) is 76.7 cm³/mol. The van der Waals surface area contributed by atoms with Crippen LogP contribution < -0.4 is 11.2 Å². The fourth-order valence-electron chi connectivity index (χ4n) is 1.38. The van der Waals surface area contributed by atoms with Crippen LogP contribution in [-0.2, 0) is 0 Å². The van der Waals surface area contributed by atoms with Crippen molar-refractivity contribution in [3.05, 3.63) is 47.2 Å². The molecule has 92 valence electrons. The maximum atomic E-state index is 5.96. The number of nitrogens with two attached hydrogens (primary N) is 1. The number of rotatable bonds is 3. The van der Waals surface area contributed by atoms with Crippen molar-refractivity contribution in [2.75, 3.05) is 0 Å². The van der Waals surface area contributed by atoms with Gasteiger partial charge in [-0.3, -0.25) is 5.43 Å². The Morgan fingerprint density at radius 1 is 1.39 bits per heavy atom. The highest BCUT2D eigenvalue weighted by Gasteiger charge is 2.08. The Labute approximate surface area is 114 Å². The SMILES string of the molecule is NC(=S)N/N=C/c1cc(-c2ccccc2)oc1Cl. The molecule has 0 spiro atoms. The zero-order valence-corrected chi connectivity index (χ0v) is 10.8. The Kier molecular flexibility index (Phi) is 3.96. The van der Waals surface area contributed by atoms with Gasteiger partial charge in [-0.1, -0.05) is 30.3 Å². The molecule has 1 heterocycles. The van der Waals surface area contributed by atoms with Crippen LogP contribution >= 0.6 is 23.8 Å². The van der Waals surface area contributed by atoms with Gasteiger partial charge in [0.15, 0.2) is 5.11 Å². The molecule has 0 bridgehead atoms. The minimum Gasteiger partial charge on any atom is -0.444 e. The van der Waals surface area contributed by atoms with E-state index in [0.717, 1.165) is 5.56 Å². The zero-order valence-electron chi connectivity index (χ0n) is 9.26. The van der Waals surface area contributed by atoms with Gasteiger partial charge in [-0.25, -0.2) is 0 Å². The molecule has 2 aromatic rings. The fourth-order valence-corrected chi connectivity index (χ4v) is 1.62. The smallest absolute Gasteiger partial charge is 0.202 e. The Morgan fingerprint density at radius 2 is 2.11 bits per heavy atom. The molecule has 3 N–H and O–H groups in total. The van der Waals surface area contributed by atoms with Gasteiger partial charge in [-0.2, -0.15) is 5.10 Å². The maximum absolute atomic E-state index is 5.96. The van der Waals surface area contributed by atoms with Gasteiger partial charge in [-0.05, 0) is 29.9 Å². The lowest BCUT2D eigenvalue weighted by Gasteiger charge is -1.93. The first-order chi connectivity index (χ1) is 8.66. The first-order valence-corrected chi connectivity index (χ1v) is 5.88. The average Bonchev–Trinajstić information content (AvgIpc) is 2.72. The van der Waals surface area contributed by atoms with E-state index >= 15 is 0 Å². The summed E-state index contributed by atoms with van der Waals surface area (Å²) < 4.78 is 5.44. The van der Waals surface area contributed by atoms with Crippen LogP contribution in [0.15, 0.2) is 45.9 Å². The van der Waals surface area contributed by atoms with Crippen LogP contribution in [0.2, 0.25) is 5.22 Å². The van der Waals surface area contributed by atoms with E-state index < -0.39 is 0 Å². The van der Waals surface area contributed by atoms with Crippen molar-refractivity contribution in [3.63, 3.8) is 0 Å². The molecule has 0 radical (unpaired) electrons. The van der Waals surface area contributed by atoms with E-state index in [4.69, 9.17) is 21.8 Å². The number of hydrazone groups is 1. The third kappa shape index (κ3) is 3.09. The monoisotopic (exact) mass is 279 g/mol. The second-order valence-corrected chi connectivity index (χ2v) is 4.22. The number of hydrogen-bond acceptors (Lipinski definition) is 3. The van der Waals surface area contributed by atoms with Crippen LogP contribution in [0.1, 0.15) is 5.56 Å². The van der Waals surface area contributed by atoms with Crippen molar-refractivity contribution in [3.8, 4) is 11.3 Å². The minimum absolute atomic E-state index is 0.0918. The molecule has 1 aromatic carbocycles. The van der Waals surface area contributed by atoms with Crippen molar-refractivity contribution in [1.82, 2.24) is 5.43 Å². The highest BCUT2D eigenvalue weighted by molar-refractivity contribution is 7.80. The largest absolute Gasteiger partial charge is 0.444 e. The van der Waals surface area contributed by atoms with E-state index in [2.05, 4.69) is 22.7 Å². The molecule has 0 fully saturated rings. The molecule has 0 unspecified atom stereocenters. The normalized spacial score (nSPS) is 10.7. The van der Waals surface area contributed by atoms with Crippen molar-refractivity contribution in [2.24, 2.45) is 10.8 Å². The Balaban J connectivity index is 2.22. The molecule has 0 saturated carbocycles. The molecule has 0 atom stereocenters. The molecule has 1 aromatic heterocycles. The third-order valence-corrected chi connectivity index (χ3v) is 2.54. The molecule has 4 nitrogen and oxygen atoms in total. The molecular formula is C12H10ClN3OS. The van der Waals surface area contributed by atoms with E-state index in [1.54, 1.807) is 6.07 Å².